The second-order valence-corrected chi connectivity index (χ2v) is 4.81. The molecule has 0 heterocycles. The minimum atomic E-state index is 0.123. The molecular formula is C16H19N3O. The molecular weight excluding hydrogens is 250 g/mol. The van der Waals surface area contributed by atoms with Gasteiger partial charge in [-0.05, 0) is 42.3 Å². The van der Waals surface area contributed by atoms with Crippen LogP contribution in [0.25, 0.3) is 0 Å². The first-order valence-corrected chi connectivity index (χ1v) is 6.45. The van der Waals surface area contributed by atoms with Crippen molar-refractivity contribution in [2.75, 3.05) is 11.9 Å². The van der Waals surface area contributed by atoms with Crippen LogP contribution in [0.2, 0.25) is 0 Å². The first-order valence-electron chi connectivity index (χ1n) is 6.45. The highest BCUT2D eigenvalue weighted by atomic mass is 16.4. The number of hydrogen-bond donors (Lipinski definition) is 2. The molecule has 0 aliphatic heterocycles. The van der Waals surface area contributed by atoms with Gasteiger partial charge in [0.15, 0.2) is 5.84 Å². The highest BCUT2D eigenvalue weighted by molar-refractivity contribution is 5.97. The normalized spacial score (nSPS) is 11.4. The summed E-state index contributed by atoms with van der Waals surface area (Å²) >= 11 is 0. The summed E-state index contributed by atoms with van der Waals surface area (Å²) in [6.07, 6.45) is 0. The SMILES string of the molecule is Cc1ccccc1CN(C)c1ccc(C(N)=NO)cc1. The Morgan fingerprint density at radius 2 is 1.80 bits per heavy atom. The summed E-state index contributed by atoms with van der Waals surface area (Å²) in [6, 6.07) is 16.0. The smallest absolute Gasteiger partial charge is 0.170 e. The monoisotopic (exact) mass is 269 g/mol. The fourth-order valence-electron chi connectivity index (χ4n) is 2.08. The zero-order chi connectivity index (χ0) is 14.5. The van der Waals surface area contributed by atoms with Crippen LogP contribution in [0.5, 0.6) is 0 Å². The van der Waals surface area contributed by atoms with Crippen molar-refractivity contribution in [3.8, 4) is 0 Å². The largest absolute Gasteiger partial charge is 0.409 e. The van der Waals surface area contributed by atoms with E-state index in [4.69, 9.17) is 10.9 Å². The van der Waals surface area contributed by atoms with E-state index in [1.807, 2.05) is 37.4 Å². The van der Waals surface area contributed by atoms with Gasteiger partial charge in [-0.25, -0.2) is 0 Å². The first-order chi connectivity index (χ1) is 9.61. The van der Waals surface area contributed by atoms with Crippen LogP contribution in [0, 0.1) is 6.92 Å². The molecule has 104 valence electrons. The molecule has 0 aromatic heterocycles. The quantitative estimate of drug-likeness (QED) is 0.388. The van der Waals surface area contributed by atoms with E-state index in [0.717, 1.165) is 12.2 Å². The highest BCUT2D eigenvalue weighted by Gasteiger charge is 2.05. The summed E-state index contributed by atoms with van der Waals surface area (Å²) in [5.41, 5.74) is 9.93. The number of aryl methyl sites for hydroxylation is 1. The zero-order valence-corrected chi connectivity index (χ0v) is 11.7. The minimum Gasteiger partial charge on any atom is -0.409 e. The molecule has 0 aliphatic rings. The second-order valence-electron chi connectivity index (χ2n) is 4.81. The number of rotatable bonds is 4. The molecule has 0 aliphatic carbocycles. The molecule has 0 fully saturated rings. The van der Waals surface area contributed by atoms with E-state index < -0.39 is 0 Å². The van der Waals surface area contributed by atoms with Crippen LogP contribution >= 0.6 is 0 Å². The zero-order valence-electron chi connectivity index (χ0n) is 11.7. The van der Waals surface area contributed by atoms with Crippen LogP contribution in [-0.2, 0) is 6.54 Å². The van der Waals surface area contributed by atoms with E-state index in [9.17, 15) is 0 Å². The number of hydrogen-bond acceptors (Lipinski definition) is 3. The standard InChI is InChI=1S/C16H19N3O/c1-12-5-3-4-6-14(12)11-19(2)15-9-7-13(8-10-15)16(17)18-20/h3-10,20H,11H2,1-2H3,(H2,17,18). The van der Waals surface area contributed by atoms with Crippen molar-refractivity contribution in [2.45, 2.75) is 13.5 Å². The lowest BCUT2D eigenvalue weighted by molar-refractivity contribution is 0.318. The van der Waals surface area contributed by atoms with E-state index in [-0.39, 0.29) is 5.84 Å². The molecule has 3 N–H and O–H groups in total. The number of nitrogens with two attached hydrogens (primary N) is 1. The van der Waals surface area contributed by atoms with Crippen molar-refractivity contribution < 1.29 is 5.21 Å². The maximum atomic E-state index is 8.64. The lowest BCUT2D eigenvalue weighted by atomic mass is 10.1. The number of anilines is 1. The molecule has 0 spiro atoms. The van der Waals surface area contributed by atoms with Gasteiger partial charge in [-0.1, -0.05) is 29.4 Å². The van der Waals surface area contributed by atoms with Gasteiger partial charge in [0.05, 0.1) is 0 Å². The summed E-state index contributed by atoms with van der Waals surface area (Å²) in [6.45, 7) is 2.96. The van der Waals surface area contributed by atoms with Gasteiger partial charge >= 0.3 is 0 Å². The van der Waals surface area contributed by atoms with Crippen LogP contribution in [0.3, 0.4) is 0 Å². The molecule has 0 radical (unpaired) electrons. The average molecular weight is 269 g/mol. The van der Waals surface area contributed by atoms with Crippen LogP contribution in [0.15, 0.2) is 53.7 Å². The maximum Gasteiger partial charge on any atom is 0.170 e. The van der Waals surface area contributed by atoms with Gasteiger partial charge in [0.2, 0.25) is 0 Å². The topological polar surface area (TPSA) is 61.8 Å². The van der Waals surface area contributed by atoms with Gasteiger partial charge in [-0.3, -0.25) is 0 Å². The Kier molecular flexibility index (Phi) is 4.25. The van der Waals surface area contributed by atoms with Crippen LogP contribution < -0.4 is 10.6 Å². The second kappa shape index (κ2) is 6.10. The summed E-state index contributed by atoms with van der Waals surface area (Å²) in [4.78, 5) is 2.17. The summed E-state index contributed by atoms with van der Waals surface area (Å²) in [7, 11) is 2.05. The Hall–Kier alpha value is -2.49. The number of amidine groups is 1. The van der Waals surface area contributed by atoms with Gasteiger partial charge in [0.25, 0.3) is 0 Å². The molecule has 4 nitrogen and oxygen atoms in total. The van der Waals surface area contributed by atoms with Crippen molar-refractivity contribution in [2.24, 2.45) is 10.9 Å². The fraction of sp³-hybridized carbons (Fsp3) is 0.188. The third-order valence-corrected chi connectivity index (χ3v) is 3.38. The average Bonchev–Trinajstić information content (AvgIpc) is 2.49. The minimum absolute atomic E-state index is 0.123. The van der Waals surface area contributed by atoms with Gasteiger partial charge in [-0.2, -0.15) is 0 Å². The Labute approximate surface area is 119 Å². The van der Waals surface area contributed by atoms with Crippen LogP contribution in [0.4, 0.5) is 5.69 Å². The predicted molar refractivity (Wildman–Crippen MR) is 82.2 cm³/mol. The number of oxime groups is 1. The van der Waals surface area contributed by atoms with Gasteiger partial charge in [-0.15, -0.1) is 0 Å². The fourth-order valence-corrected chi connectivity index (χ4v) is 2.08. The maximum absolute atomic E-state index is 8.64. The first kappa shape index (κ1) is 13.9. The van der Waals surface area contributed by atoms with E-state index in [1.54, 1.807) is 0 Å². The van der Waals surface area contributed by atoms with Crippen molar-refractivity contribution in [1.82, 2.24) is 0 Å². The molecule has 0 saturated heterocycles. The van der Waals surface area contributed by atoms with Crippen molar-refractivity contribution in [3.63, 3.8) is 0 Å². The molecule has 0 unspecified atom stereocenters. The van der Waals surface area contributed by atoms with E-state index in [0.29, 0.717) is 5.56 Å². The molecule has 2 aromatic carbocycles. The van der Waals surface area contributed by atoms with E-state index in [1.165, 1.54) is 11.1 Å². The molecule has 20 heavy (non-hydrogen) atoms. The molecule has 2 rings (SSSR count). The molecule has 0 saturated carbocycles. The summed E-state index contributed by atoms with van der Waals surface area (Å²) in [5.74, 6) is 0.123. The third kappa shape index (κ3) is 3.09. The summed E-state index contributed by atoms with van der Waals surface area (Å²) in [5, 5.41) is 11.6. The molecule has 0 amide bonds. The van der Waals surface area contributed by atoms with Crippen LogP contribution in [0.1, 0.15) is 16.7 Å². The summed E-state index contributed by atoms with van der Waals surface area (Å²) < 4.78 is 0. The lowest BCUT2D eigenvalue weighted by Gasteiger charge is -2.20. The molecule has 0 atom stereocenters. The van der Waals surface area contributed by atoms with Crippen LogP contribution in [-0.4, -0.2) is 18.1 Å². The van der Waals surface area contributed by atoms with Gasteiger partial charge in [0, 0.05) is 24.8 Å². The van der Waals surface area contributed by atoms with E-state index >= 15 is 0 Å². The molecule has 0 bridgehead atoms. The number of benzene rings is 2. The Balaban J connectivity index is 2.14. The Bertz CT molecular complexity index is 605. The van der Waals surface area contributed by atoms with Crippen molar-refractivity contribution in [3.05, 3.63) is 65.2 Å². The Morgan fingerprint density at radius 3 is 2.40 bits per heavy atom. The number of nitrogens with zero attached hydrogens (tertiary/aromatic N) is 2. The van der Waals surface area contributed by atoms with Crippen molar-refractivity contribution in [1.29, 1.82) is 0 Å². The molecule has 4 heteroatoms. The van der Waals surface area contributed by atoms with Gasteiger partial charge in [0.1, 0.15) is 0 Å². The lowest BCUT2D eigenvalue weighted by Crippen LogP contribution is -2.18. The Morgan fingerprint density at radius 1 is 1.15 bits per heavy atom. The predicted octanol–water partition coefficient (Wildman–Crippen LogP) is 2.73. The van der Waals surface area contributed by atoms with Crippen molar-refractivity contribution >= 4 is 11.5 Å². The third-order valence-electron chi connectivity index (χ3n) is 3.38. The van der Waals surface area contributed by atoms with E-state index in [2.05, 4.69) is 35.2 Å². The molecule has 2 aromatic rings. The van der Waals surface area contributed by atoms with Gasteiger partial charge < -0.3 is 15.8 Å². The highest BCUT2D eigenvalue weighted by Crippen LogP contribution is 2.18.